The van der Waals surface area contributed by atoms with Crippen LogP contribution in [0.5, 0.6) is 0 Å². The van der Waals surface area contributed by atoms with E-state index in [4.69, 9.17) is 21.1 Å². The Bertz CT molecular complexity index is 168. The topological polar surface area (TPSA) is 21.7 Å². The average molecular weight is 220 g/mol. The van der Waals surface area contributed by atoms with Gasteiger partial charge in [-0.05, 0) is 12.8 Å². The van der Waals surface area contributed by atoms with Gasteiger partial charge in [0.1, 0.15) is 0 Å². The van der Waals surface area contributed by atoms with Crippen molar-refractivity contribution in [3.63, 3.8) is 0 Å². The Kier molecular flexibility index (Phi) is 4.05. The zero-order valence-corrected chi connectivity index (χ0v) is 9.21. The summed E-state index contributed by atoms with van der Waals surface area (Å²) in [6, 6.07) is 0. The van der Waals surface area contributed by atoms with Crippen molar-refractivity contribution in [2.75, 3.05) is 38.7 Å². The first-order chi connectivity index (χ1) is 6.88. The van der Waals surface area contributed by atoms with E-state index in [0.717, 1.165) is 26.2 Å². The second-order valence-electron chi connectivity index (χ2n) is 4.02. The summed E-state index contributed by atoms with van der Waals surface area (Å²) < 4.78 is 11.1. The van der Waals surface area contributed by atoms with Gasteiger partial charge >= 0.3 is 0 Å². The lowest BCUT2D eigenvalue weighted by atomic mass is 10.2. The number of nitrogens with zero attached hydrogens (tertiary/aromatic N) is 1. The fraction of sp³-hybridized carbons (Fsp3) is 1.00. The third kappa shape index (κ3) is 2.83. The van der Waals surface area contributed by atoms with Crippen LogP contribution in [0.4, 0.5) is 0 Å². The molecule has 82 valence electrons. The highest BCUT2D eigenvalue weighted by Gasteiger charge is 2.33. The van der Waals surface area contributed by atoms with Crippen molar-refractivity contribution in [2.24, 2.45) is 0 Å². The molecule has 2 bridgehead atoms. The summed E-state index contributed by atoms with van der Waals surface area (Å²) in [5, 5.41) is 0. The van der Waals surface area contributed by atoms with E-state index in [-0.39, 0.29) is 0 Å². The van der Waals surface area contributed by atoms with E-state index in [9.17, 15) is 0 Å². The van der Waals surface area contributed by atoms with Crippen molar-refractivity contribution in [2.45, 2.75) is 25.0 Å². The lowest BCUT2D eigenvalue weighted by molar-refractivity contribution is -0.0447. The molecule has 0 N–H and O–H groups in total. The largest absolute Gasteiger partial charge is 0.379 e. The molecule has 2 atom stereocenters. The zero-order chi connectivity index (χ0) is 9.80. The molecule has 2 aliphatic rings. The van der Waals surface area contributed by atoms with Crippen LogP contribution in [0.15, 0.2) is 0 Å². The molecular formula is C10H18ClNO2. The quantitative estimate of drug-likeness (QED) is 0.511. The zero-order valence-electron chi connectivity index (χ0n) is 8.45. The molecule has 0 aliphatic carbocycles. The monoisotopic (exact) mass is 219 g/mol. The number of rotatable bonds is 5. The molecule has 3 nitrogen and oxygen atoms in total. The number of halogens is 1. The van der Waals surface area contributed by atoms with Crippen molar-refractivity contribution in [1.29, 1.82) is 0 Å². The van der Waals surface area contributed by atoms with Crippen LogP contribution < -0.4 is 0 Å². The van der Waals surface area contributed by atoms with Crippen LogP contribution in [0.3, 0.4) is 0 Å². The van der Waals surface area contributed by atoms with Gasteiger partial charge in [0, 0.05) is 25.5 Å². The molecule has 2 heterocycles. The normalized spacial score (nSPS) is 32.4. The van der Waals surface area contributed by atoms with Crippen LogP contribution in [0.2, 0.25) is 0 Å². The number of hydrogen-bond donors (Lipinski definition) is 0. The molecule has 2 rings (SSSR count). The van der Waals surface area contributed by atoms with Crippen molar-refractivity contribution in [3.05, 3.63) is 0 Å². The molecule has 0 spiro atoms. The van der Waals surface area contributed by atoms with Crippen LogP contribution in [-0.4, -0.2) is 55.8 Å². The Hall–Kier alpha value is 0.170. The Morgan fingerprint density at radius 3 is 2.57 bits per heavy atom. The Balaban J connectivity index is 1.62. The van der Waals surface area contributed by atoms with Gasteiger partial charge in [0.25, 0.3) is 0 Å². The molecule has 2 saturated heterocycles. The van der Waals surface area contributed by atoms with Gasteiger partial charge in [-0.15, -0.1) is 11.6 Å². The number of fused-ring (bicyclic) bond motifs is 2. The van der Waals surface area contributed by atoms with Gasteiger partial charge in [-0.25, -0.2) is 0 Å². The van der Waals surface area contributed by atoms with Crippen LogP contribution in [0, 0.1) is 0 Å². The second-order valence-corrected chi connectivity index (χ2v) is 4.40. The van der Waals surface area contributed by atoms with Crippen LogP contribution >= 0.6 is 11.6 Å². The molecule has 0 aromatic carbocycles. The highest BCUT2D eigenvalue weighted by Crippen LogP contribution is 2.25. The SMILES string of the molecule is ClCCOCCN1CC2CCC(C1)O2. The molecule has 0 aromatic rings. The summed E-state index contributed by atoms with van der Waals surface area (Å²) in [4.78, 5) is 2.44. The van der Waals surface area contributed by atoms with Gasteiger partial charge in [-0.3, -0.25) is 4.90 Å². The minimum absolute atomic E-state index is 0.488. The van der Waals surface area contributed by atoms with Crippen molar-refractivity contribution in [3.8, 4) is 0 Å². The van der Waals surface area contributed by atoms with Gasteiger partial charge in [0.05, 0.1) is 25.4 Å². The maximum atomic E-state index is 5.75. The Morgan fingerprint density at radius 2 is 1.93 bits per heavy atom. The Labute approximate surface area is 90.3 Å². The van der Waals surface area contributed by atoms with Gasteiger partial charge in [-0.1, -0.05) is 0 Å². The molecule has 2 aliphatic heterocycles. The van der Waals surface area contributed by atoms with E-state index in [0.29, 0.717) is 24.7 Å². The molecule has 2 unspecified atom stereocenters. The molecule has 4 heteroatoms. The predicted octanol–water partition coefficient (Wildman–Crippen LogP) is 1.10. The van der Waals surface area contributed by atoms with E-state index in [1.807, 2.05) is 0 Å². The number of alkyl halides is 1. The minimum atomic E-state index is 0.488. The van der Waals surface area contributed by atoms with E-state index in [2.05, 4.69) is 4.90 Å². The summed E-state index contributed by atoms with van der Waals surface area (Å²) >= 11 is 5.52. The number of hydrogen-bond acceptors (Lipinski definition) is 3. The van der Waals surface area contributed by atoms with Crippen LogP contribution in [0.25, 0.3) is 0 Å². The third-order valence-electron chi connectivity index (χ3n) is 2.89. The summed E-state index contributed by atoms with van der Waals surface area (Å²) in [5.74, 6) is 0.592. The molecular weight excluding hydrogens is 202 g/mol. The molecule has 0 amide bonds. The first-order valence-corrected chi connectivity index (χ1v) is 5.93. The van der Waals surface area contributed by atoms with Gasteiger partial charge < -0.3 is 9.47 Å². The number of likely N-dealkylation sites (tertiary alicyclic amines) is 1. The number of ether oxygens (including phenoxy) is 2. The van der Waals surface area contributed by atoms with E-state index in [1.165, 1.54) is 12.8 Å². The van der Waals surface area contributed by atoms with E-state index >= 15 is 0 Å². The minimum Gasteiger partial charge on any atom is -0.379 e. The molecule has 2 fully saturated rings. The van der Waals surface area contributed by atoms with Crippen molar-refractivity contribution in [1.82, 2.24) is 4.90 Å². The molecule has 0 aromatic heterocycles. The maximum absolute atomic E-state index is 5.75. The average Bonchev–Trinajstić information content (AvgIpc) is 2.53. The van der Waals surface area contributed by atoms with Crippen molar-refractivity contribution < 1.29 is 9.47 Å². The lowest BCUT2D eigenvalue weighted by Crippen LogP contribution is -2.43. The van der Waals surface area contributed by atoms with Gasteiger partial charge in [0.15, 0.2) is 0 Å². The predicted molar refractivity (Wildman–Crippen MR) is 55.9 cm³/mol. The van der Waals surface area contributed by atoms with Crippen molar-refractivity contribution >= 4 is 11.6 Å². The Morgan fingerprint density at radius 1 is 1.21 bits per heavy atom. The third-order valence-corrected chi connectivity index (χ3v) is 3.05. The summed E-state index contributed by atoms with van der Waals surface area (Å²) in [5.41, 5.74) is 0. The fourth-order valence-electron chi connectivity index (χ4n) is 2.23. The number of morpholine rings is 1. The first-order valence-electron chi connectivity index (χ1n) is 5.40. The standard InChI is InChI=1S/C10H18ClNO2/c11-3-5-13-6-4-12-7-9-1-2-10(8-12)14-9/h9-10H,1-8H2. The summed E-state index contributed by atoms with van der Waals surface area (Å²) in [7, 11) is 0. The second kappa shape index (κ2) is 5.31. The maximum Gasteiger partial charge on any atom is 0.0707 e. The molecule has 0 radical (unpaired) electrons. The fourth-order valence-corrected chi connectivity index (χ4v) is 2.34. The highest BCUT2D eigenvalue weighted by molar-refractivity contribution is 6.17. The van der Waals surface area contributed by atoms with E-state index < -0.39 is 0 Å². The molecule has 14 heavy (non-hydrogen) atoms. The van der Waals surface area contributed by atoms with Gasteiger partial charge in [-0.2, -0.15) is 0 Å². The smallest absolute Gasteiger partial charge is 0.0707 e. The first kappa shape index (κ1) is 10.7. The van der Waals surface area contributed by atoms with Crippen LogP contribution in [-0.2, 0) is 9.47 Å². The summed E-state index contributed by atoms with van der Waals surface area (Å²) in [6.07, 6.45) is 3.46. The van der Waals surface area contributed by atoms with E-state index in [1.54, 1.807) is 0 Å². The molecule has 0 saturated carbocycles. The van der Waals surface area contributed by atoms with Gasteiger partial charge in [0.2, 0.25) is 0 Å². The highest BCUT2D eigenvalue weighted by atomic mass is 35.5. The lowest BCUT2D eigenvalue weighted by Gasteiger charge is -2.31. The summed E-state index contributed by atoms with van der Waals surface area (Å²) in [6.45, 7) is 4.65. The van der Waals surface area contributed by atoms with Crippen LogP contribution in [0.1, 0.15) is 12.8 Å².